The van der Waals surface area contributed by atoms with Gasteiger partial charge in [-0.2, -0.15) is 0 Å². The highest BCUT2D eigenvalue weighted by atomic mass is 127. The van der Waals surface area contributed by atoms with E-state index in [2.05, 4.69) is 88.6 Å². The normalized spacial score (nSPS) is 13.4. The van der Waals surface area contributed by atoms with Crippen LogP contribution in [0.4, 0.5) is 11.4 Å². The van der Waals surface area contributed by atoms with E-state index in [4.69, 9.17) is 10.7 Å². The largest absolute Gasteiger partial charge is 0.369 e. The Morgan fingerprint density at radius 2 is 1.74 bits per heavy atom. The molecule has 0 heterocycles. The van der Waals surface area contributed by atoms with Crippen LogP contribution in [0, 0.1) is 3.57 Å². The first-order chi connectivity index (χ1) is 13.2. The molecule has 3 N–H and O–H groups in total. The number of halogens is 1. The minimum absolute atomic E-state index is 0.418. The van der Waals surface area contributed by atoms with E-state index in [-0.39, 0.29) is 0 Å². The van der Waals surface area contributed by atoms with Crippen molar-refractivity contribution in [1.82, 2.24) is 0 Å². The quantitative estimate of drug-likeness (QED) is 0.226. The van der Waals surface area contributed by atoms with E-state index in [0.29, 0.717) is 5.96 Å². The number of rotatable bonds is 2. The molecule has 1 aliphatic carbocycles. The summed E-state index contributed by atoms with van der Waals surface area (Å²) < 4.78 is 1.22. The molecule has 132 valence electrons. The lowest BCUT2D eigenvalue weighted by molar-refractivity contribution is 1.02. The topological polar surface area (TPSA) is 50.4 Å². The third-order valence-corrected chi connectivity index (χ3v) is 6.17. The van der Waals surface area contributed by atoms with Crippen molar-refractivity contribution in [3.05, 3.63) is 81.4 Å². The molecule has 4 aromatic rings. The van der Waals surface area contributed by atoms with Crippen LogP contribution >= 0.6 is 22.6 Å². The Hall–Kier alpha value is -2.60. The van der Waals surface area contributed by atoms with Gasteiger partial charge in [0.2, 0.25) is 0 Å². The van der Waals surface area contributed by atoms with Gasteiger partial charge in [0, 0.05) is 14.6 Å². The Bertz CT molecular complexity index is 1230. The van der Waals surface area contributed by atoms with Crippen LogP contribution in [0.2, 0.25) is 0 Å². The van der Waals surface area contributed by atoms with Crippen molar-refractivity contribution >= 4 is 61.5 Å². The summed E-state index contributed by atoms with van der Waals surface area (Å²) in [4.78, 5) is 4.72. The predicted octanol–water partition coefficient (Wildman–Crippen LogP) is 5.75. The first-order valence-corrected chi connectivity index (χ1v) is 10.1. The minimum atomic E-state index is 0.418. The Morgan fingerprint density at radius 1 is 0.889 bits per heavy atom. The number of guanidine groups is 1. The van der Waals surface area contributed by atoms with Gasteiger partial charge in [-0.25, -0.2) is 4.99 Å². The second-order valence-electron chi connectivity index (χ2n) is 6.84. The fraction of sp³-hybridized carbons (Fsp3) is 0.0870. The Morgan fingerprint density at radius 3 is 2.63 bits per heavy atom. The maximum atomic E-state index is 6.29. The minimum Gasteiger partial charge on any atom is -0.369 e. The number of anilines is 1. The highest BCUT2D eigenvalue weighted by Crippen LogP contribution is 2.37. The van der Waals surface area contributed by atoms with E-state index in [9.17, 15) is 0 Å². The molecule has 0 aliphatic heterocycles. The number of fused-ring (bicyclic) bond motifs is 1. The molecule has 0 saturated heterocycles. The highest BCUT2D eigenvalue weighted by Gasteiger charge is 2.17. The van der Waals surface area contributed by atoms with E-state index in [1.165, 1.54) is 30.9 Å². The molecular formula is C23H18IN3. The van der Waals surface area contributed by atoms with Gasteiger partial charge < -0.3 is 11.1 Å². The molecule has 0 bridgehead atoms. The summed E-state index contributed by atoms with van der Waals surface area (Å²) in [5, 5.41) is 8.30. The smallest absolute Gasteiger partial charge is 0.198 e. The molecule has 0 radical (unpaired) electrons. The van der Waals surface area contributed by atoms with Crippen molar-refractivity contribution in [3.8, 4) is 0 Å². The van der Waals surface area contributed by atoms with E-state index >= 15 is 0 Å². The zero-order chi connectivity index (χ0) is 18.4. The Kier molecular flexibility index (Phi) is 4.01. The third-order valence-electron chi connectivity index (χ3n) is 5.23. The summed E-state index contributed by atoms with van der Waals surface area (Å²) in [5.74, 6) is 0.418. The van der Waals surface area contributed by atoms with Gasteiger partial charge in [-0.3, -0.25) is 0 Å². The number of hydrogen-bond donors (Lipinski definition) is 2. The maximum absolute atomic E-state index is 6.29. The molecule has 5 rings (SSSR count). The summed E-state index contributed by atoms with van der Waals surface area (Å²) in [6.45, 7) is 0. The van der Waals surface area contributed by atoms with E-state index in [1.54, 1.807) is 0 Å². The van der Waals surface area contributed by atoms with Crippen LogP contribution in [-0.4, -0.2) is 5.96 Å². The molecule has 0 saturated carbocycles. The molecular weight excluding hydrogens is 445 g/mol. The second kappa shape index (κ2) is 6.53. The number of hydrogen-bond acceptors (Lipinski definition) is 1. The first kappa shape index (κ1) is 16.6. The van der Waals surface area contributed by atoms with Gasteiger partial charge in [-0.15, -0.1) is 0 Å². The standard InChI is InChI=1S/C23H18IN3/c24-19-11-13-20(17-7-2-1-6-16(17)19)26-23(25)27-21-12-9-15-5-3-4-14-8-10-18(21)22(14)15/h1-7,9,11-13H,8,10H2,(H3,25,26,27). The molecule has 3 nitrogen and oxygen atoms in total. The van der Waals surface area contributed by atoms with Crippen LogP contribution in [0.25, 0.3) is 21.5 Å². The fourth-order valence-electron chi connectivity index (χ4n) is 4.02. The zero-order valence-electron chi connectivity index (χ0n) is 14.7. The summed E-state index contributed by atoms with van der Waals surface area (Å²) in [7, 11) is 0. The maximum Gasteiger partial charge on any atom is 0.198 e. The predicted molar refractivity (Wildman–Crippen MR) is 123 cm³/mol. The van der Waals surface area contributed by atoms with E-state index < -0.39 is 0 Å². The fourth-order valence-corrected chi connectivity index (χ4v) is 4.67. The SMILES string of the molecule is NC(=Nc1ccc2cccc3c2c1CC3)Nc1ccc(I)c2ccccc12. The zero-order valence-corrected chi connectivity index (χ0v) is 16.8. The Labute approximate surface area is 171 Å². The number of nitrogens with one attached hydrogen (secondary N) is 1. The van der Waals surface area contributed by atoms with Crippen molar-refractivity contribution in [1.29, 1.82) is 0 Å². The van der Waals surface area contributed by atoms with Crippen LogP contribution in [0.15, 0.2) is 71.7 Å². The van der Waals surface area contributed by atoms with Gasteiger partial charge >= 0.3 is 0 Å². The number of aryl methyl sites for hydroxylation is 2. The van der Waals surface area contributed by atoms with Crippen LogP contribution in [0.5, 0.6) is 0 Å². The van der Waals surface area contributed by atoms with Crippen molar-refractivity contribution in [2.75, 3.05) is 5.32 Å². The molecule has 4 heteroatoms. The van der Waals surface area contributed by atoms with Crippen molar-refractivity contribution in [2.45, 2.75) is 12.8 Å². The summed E-state index contributed by atoms with van der Waals surface area (Å²) in [5.41, 5.74) is 10.9. The van der Waals surface area contributed by atoms with Crippen LogP contribution < -0.4 is 11.1 Å². The molecule has 0 atom stereocenters. The van der Waals surface area contributed by atoms with Gasteiger partial charge in [0.25, 0.3) is 0 Å². The number of aliphatic imine (C=N–C) groups is 1. The first-order valence-electron chi connectivity index (χ1n) is 9.02. The van der Waals surface area contributed by atoms with Gasteiger partial charge in [0.05, 0.1) is 5.69 Å². The molecule has 0 amide bonds. The highest BCUT2D eigenvalue weighted by molar-refractivity contribution is 14.1. The average molecular weight is 463 g/mol. The van der Waals surface area contributed by atoms with E-state index in [1.807, 2.05) is 6.07 Å². The van der Waals surface area contributed by atoms with Gasteiger partial charge in [-0.05, 0) is 80.9 Å². The summed E-state index contributed by atoms with van der Waals surface area (Å²) >= 11 is 2.36. The molecule has 4 aromatic carbocycles. The lowest BCUT2D eigenvalue weighted by atomic mass is 10.0. The molecule has 0 unspecified atom stereocenters. The molecule has 0 fully saturated rings. The second-order valence-corrected chi connectivity index (χ2v) is 8.00. The molecule has 27 heavy (non-hydrogen) atoms. The monoisotopic (exact) mass is 463 g/mol. The van der Waals surface area contributed by atoms with Crippen LogP contribution in [-0.2, 0) is 12.8 Å². The molecule has 0 aromatic heterocycles. The van der Waals surface area contributed by atoms with Gasteiger partial charge in [0.1, 0.15) is 0 Å². The molecule has 1 aliphatic rings. The summed E-state index contributed by atoms with van der Waals surface area (Å²) in [6.07, 6.45) is 2.10. The van der Waals surface area contributed by atoms with Crippen LogP contribution in [0.1, 0.15) is 11.1 Å². The number of nitrogens with zero attached hydrogens (tertiary/aromatic N) is 1. The van der Waals surface area contributed by atoms with E-state index in [0.717, 1.165) is 29.6 Å². The Balaban J connectivity index is 1.55. The van der Waals surface area contributed by atoms with Gasteiger partial charge in [-0.1, -0.05) is 48.5 Å². The number of benzene rings is 4. The summed E-state index contributed by atoms with van der Waals surface area (Å²) in [6, 6.07) is 23.2. The van der Waals surface area contributed by atoms with Gasteiger partial charge in [0.15, 0.2) is 5.96 Å². The average Bonchev–Trinajstić information content (AvgIpc) is 3.13. The third kappa shape index (κ3) is 2.84. The molecule has 0 spiro atoms. The van der Waals surface area contributed by atoms with Crippen molar-refractivity contribution in [2.24, 2.45) is 10.7 Å². The van der Waals surface area contributed by atoms with Crippen molar-refractivity contribution in [3.63, 3.8) is 0 Å². The van der Waals surface area contributed by atoms with Crippen LogP contribution in [0.3, 0.4) is 0 Å². The lowest BCUT2D eigenvalue weighted by Gasteiger charge is -2.11. The van der Waals surface area contributed by atoms with Crippen molar-refractivity contribution < 1.29 is 0 Å². The number of nitrogens with two attached hydrogens (primary N) is 1. The lowest BCUT2D eigenvalue weighted by Crippen LogP contribution is -2.22.